The van der Waals surface area contributed by atoms with Crippen LogP contribution in [0.5, 0.6) is 0 Å². The maximum atomic E-state index is 5.86. The van der Waals surface area contributed by atoms with Gasteiger partial charge in [0, 0.05) is 19.1 Å². The van der Waals surface area contributed by atoms with Crippen molar-refractivity contribution in [3.63, 3.8) is 0 Å². The van der Waals surface area contributed by atoms with Crippen molar-refractivity contribution < 1.29 is 9.47 Å². The Hall–Kier alpha value is -0.0800. The molecule has 0 atom stereocenters. The van der Waals surface area contributed by atoms with Crippen LogP contribution in [0.3, 0.4) is 0 Å². The van der Waals surface area contributed by atoms with E-state index in [-0.39, 0.29) is 0 Å². The Kier molecular flexibility index (Phi) is 16.2. The summed E-state index contributed by atoms with van der Waals surface area (Å²) in [6.07, 6.45) is 11.5. The van der Waals surface area contributed by atoms with Crippen LogP contribution in [0.4, 0.5) is 0 Å². The Balaban J connectivity index is 3.62. The van der Waals surface area contributed by atoms with Gasteiger partial charge in [0.2, 0.25) is 0 Å². The highest BCUT2D eigenvalue weighted by molar-refractivity contribution is 4.60. The summed E-state index contributed by atoms with van der Waals surface area (Å²) in [7, 11) is 0. The standard InChI is InChI=1S/C19H40O2/c1-5-7-9-11-13-20-16-19(15-18(3)4)17-21-14-12-10-8-6-2/h18-19H,5-17H2,1-4H3. The van der Waals surface area contributed by atoms with E-state index in [4.69, 9.17) is 9.47 Å². The molecular weight excluding hydrogens is 260 g/mol. The average molecular weight is 301 g/mol. The molecule has 0 aromatic rings. The topological polar surface area (TPSA) is 18.5 Å². The minimum absolute atomic E-state index is 0.572. The van der Waals surface area contributed by atoms with Crippen LogP contribution < -0.4 is 0 Å². The third-order valence-electron chi connectivity index (χ3n) is 3.80. The molecule has 0 aliphatic heterocycles. The minimum atomic E-state index is 0.572. The van der Waals surface area contributed by atoms with E-state index in [1.807, 2.05) is 0 Å². The summed E-state index contributed by atoms with van der Waals surface area (Å²) in [5, 5.41) is 0. The molecule has 0 aromatic carbocycles. The molecule has 0 fully saturated rings. The van der Waals surface area contributed by atoms with E-state index in [0.717, 1.165) is 32.3 Å². The van der Waals surface area contributed by atoms with Gasteiger partial charge in [0.05, 0.1) is 13.2 Å². The monoisotopic (exact) mass is 300 g/mol. The summed E-state index contributed by atoms with van der Waals surface area (Å²) in [5.74, 6) is 1.30. The van der Waals surface area contributed by atoms with Crippen LogP contribution >= 0.6 is 0 Å². The van der Waals surface area contributed by atoms with E-state index < -0.39 is 0 Å². The van der Waals surface area contributed by atoms with E-state index in [2.05, 4.69) is 27.7 Å². The maximum absolute atomic E-state index is 5.86. The van der Waals surface area contributed by atoms with Gasteiger partial charge in [-0.05, 0) is 25.2 Å². The smallest absolute Gasteiger partial charge is 0.0516 e. The normalized spacial score (nSPS) is 11.7. The zero-order valence-electron chi connectivity index (χ0n) is 15.2. The molecule has 2 heteroatoms. The maximum Gasteiger partial charge on any atom is 0.0516 e. The molecule has 0 spiro atoms. The molecule has 0 aliphatic rings. The fourth-order valence-electron chi connectivity index (χ4n) is 2.61. The lowest BCUT2D eigenvalue weighted by molar-refractivity contribution is 0.0292. The van der Waals surface area contributed by atoms with Gasteiger partial charge in [0.15, 0.2) is 0 Å². The van der Waals surface area contributed by atoms with E-state index in [1.165, 1.54) is 57.8 Å². The third-order valence-corrected chi connectivity index (χ3v) is 3.80. The zero-order valence-corrected chi connectivity index (χ0v) is 15.2. The summed E-state index contributed by atoms with van der Waals surface area (Å²) in [6.45, 7) is 12.7. The fourth-order valence-corrected chi connectivity index (χ4v) is 2.61. The molecular formula is C19H40O2. The molecule has 0 saturated carbocycles. The molecule has 0 amide bonds. The minimum Gasteiger partial charge on any atom is -0.381 e. The predicted octanol–water partition coefficient (Wildman–Crippen LogP) is 5.84. The second kappa shape index (κ2) is 16.3. The fraction of sp³-hybridized carbons (Fsp3) is 1.00. The van der Waals surface area contributed by atoms with Gasteiger partial charge in [0.25, 0.3) is 0 Å². The van der Waals surface area contributed by atoms with Crippen LogP contribution in [0, 0.1) is 11.8 Å². The first-order chi connectivity index (χ1) is 10.2. The Labute approximate surface area is 134 Å². The predicted molar refractivity (Wildman–Crippen MR) is 92.9 cm³/mol. The van der Waals surface area contributed by atoms with E-state index in [1.54, 1.807) is 0 Å². The Morgan fingerprint density at radius 1 is 0.667 bits per heavy atom. The molecule has 0 saturated heterocycles. The van der Waals surface area contributed by atoms with Crippen LogP contribution in [-0.2, 0) is 9.47 Å². The second-order valence-corrected chi connectivity index (χ2v) is 6.77. The molecule has 0 bridgehead atoms. The van der Waals surface area contributed by atoms with Crippen molar-refractivity contribution >= 4 is 0 Å². The lowest BCUT2D eigenvalue weighted by Crippen LogP contribution is -2.19. The molecule has 128 valence electrons. The lowest BCUT2D eigenvalue weighted by Gasteiger charge is -2.19. The highest BCUT2D eigenvalue weighted by Gasteiger charge is 2.11. The Morgan fingerprint density at radius 3 is 1.52 bits per heavy atom. The zero-order chi connectivity index (χ0) is 15.8. The molecule has 0 rings (SSSR count). The van der Waals surface area contributed by atoms with Crippen molar-refractivity contribution in [2.45, 2.75) is 85.5 Å². The van der Waals surface area contributed by atoms with Crippen LogP contribution in [-0.4, -0.2) is 26.4 Å². The summed E-state index contributed by atoms with van der Waals surface area (Å²) in [5.41, 5.74) is 0. The summed E-state index contributed by atoms with van der Waals surface area (Å²) in [6, 6.07) is 0. The van der Waals surface area contributed by atoms with E-state index >= 15 is 0 Å². The number of rotatable bonds is 16. The van der Waals surface area contributed by atoms with Gasteiger partial charge < -0.3 is 9.47 Å². The molecule has 0 heterocycles. The van der Waals surface area contributed by atoms with Gasteiger partial charge in [-0.2, -0.15) is 0 Å². The third kappa shape index (κ3) is 16.1. The first-order valence-electron chi connectivity index (χ1n) is 9.36. The van der Waals surface area contributed by atoms with Gasteiger partial charge in [-0.25, -0.2) is 0 Å². The highest BCUT2D eigenvalue weighted by Crippen LogP contribution is 2.14. The van der Waals surface area contributed by atoms with E-state index in [0.29, 0.717) is 5.92 Å². The molecule has 0 N–H and O–H groups in total. The lowest BCUT2D eigenvalue weighted by atomic mass is 9.98. The van der Waals surface area contributed by atoms with Crippen molar-refractivity contribution in [3.8, 4) is 0 Å². The highest BCUT2D eigenvalue weighted by atomic mass is 16.5. The largest absolute Gasteiger partial charge is 0.381 e. The number of hydrogen-bond donors (Lipinski definition) is 0. The van der Waals surface area contributed by atoms with Gasteiger partial charge in [-0.1, -0.05) is 66.2 Å². The SMILES string of the molecule is CCCCCCOCC(COCCCCCC)CC(C)C. The number of unbranched alkanes of at least 4 members (excludes halogenated alkanes) is 6. The van der Waals surface area contributed by atoms with Crippen LogP contribution in [0.1, 0.15) is 85.5 Å². The van der Waals surface area contributed by atoms with Crippen molar-refractivity contribution in [1.82, 2.24) is 0 Å². The first-order valence-corrected chi connectivity index (χ1v) is 9.36. The van der Waals surface area contributed by atoms with Crippen molar-refractivity contribution in [2.75, 3.05) is 26.4 Å². The molecule has 0 aliphatic carbocycles. The van der Waals surface area contributed by atoms with E-state index in [9.17, 15) is 0 Å². The molecule has 2 nitrogen and oxygen atoms in total. The van der Waals surface area contributed by atoms with Crippen molar-refractivity contribution in [2.24, 2.45) is 11.8 Å². The van der Waals surface area contributed by atoms with Crippen LogP contribution in [0.2, 0.25) is 0 Å². The van der Waals surface area contributed by atoms with Gasteiger partial charge in [-0.3, -0.25) is 0 Å². The first kappa shape index (κ1) is 20.9. The molecule has 0 radical (unpaired) electrons. The average Bonchev–Trinajstić information content (AvgIpc) is 2.45. The van der Waals surface area contributed by atoms with Gasteiger partial charge in [0.1, 0.15) is 0 Å². The Morgan fingerprint density at radius 2 is 1.14 bits per heavy atom. The summed E-state index contributed by atoms with van der Waals surface area (Å²) in [4.78, 5) is 0. The summed E-state index contributed by atoms with van der Waals surface area (Å²) >= 11 is 0. The number of ether oxygens (including phenoxy) is 2. The molecule has 21 heavy (non-hydrogen) atoms. The van der Waals surface area contributed by atoms with Crippen LogP contribution in [0.25, 0.3) is 0 Å². The van der Waals surface area contributed by atoms with Gasteiger partial charge in [-0.15, -0.1) is 0 Å². The van der Waals surface area contributed by atoms with Crippen LogP contribution in [0.15, 0.2) is 0 Å². The van der Waals surface area contributed by atoms with Crippen molar-refractivity contribution in [3.05, 3.63) is 0 Å². The van der Waals surface area contributed by atoms with Gasteiger partial charge >= 0.3 is 0 Å². The molecule has 0 unspecified atom stereocenters. The number of hydrogen-bond acceptors (Lipinski definition) is 2. The van der Waals surface area contributed by atoms with Crippen molar-refractivity contribution in [1.29, 1.82) is 0 Å². The summed E-state index contributed by atoms with van der Waals surface area (Å²) < 4.78 is 11.7. The quantitative estimate of drug-likeness (QED) is 0.333. The second-order valence-electron chi connectivity index (χ2n) is 6.77. The molecule has 0 aromatic heterocycles. The Bertz CT molecular complexity index is 176.